The summed E-state index contributed by atoms with van der Waals surface area (Å²) in [6.07, 6.45) is 3.49. The third kappa shape index (κ3) is 3.21. The van der Waals surface area contributed by atoms with E-state index in [2.05, 4.69) is 36.1 Å². The van der Waals surface area contributed by atoms with E-state index < -0.39 is 5.97 Å². The van der Waals surface area contributed by atoms with Crippen molar-refractivity contribution in [3.63, 3.8) is 0 Å². The highest BCUT2D eigenvalue weighted by Crippen LogP contribution is 2.40. The molecular weight excluding hydrogens is 250 g/mol. The summed E-state index contributed by atoms with van der Waals surface area (Å²) in [4.78, 5) is 13.5. The maximum atomic E-state index is 11.2. The number of likely N-dealkylation sites (tertiary alicyclic amines) is 1. The van der Waals surface area contributed by atoms with E-state index in [1.807, 2.05) is 0 Å². The number of aliphatic carboxylic acids is 1. The molecule has 1 saturated heterocycles. The van der Waals surface area contributed by atoms with Crippen LogP contribution in [0.5, 0.6) is 0 Å². The number of carboxylic acids is 1. The molecule has 2 fully saturated rings. The number of hydrogen-bond donors (Lipinski definition) is 1. The van der Waals surface area contributed by atoms with Crippen molar-refractivity contribution in [3.05, 3.63) is 35.4 Å². The zero-order valence-electron chi connectivity index (χ0n) is 12.1. The van der Waals surface area contributed by atoms with E-state index in [4.69, 9.17) is 0 Å². The quantitative estimate of drug-likeness (QED) is 0.916. The van der Waals surface area contributed by atoms with Gasteiger partial charge in [-0.2, -0.15) is 0 Å². The second-order valence-electron chi connectivity index (χ2n) is 6.59. The molecule has 0 radical (unpaired) electrons. The molecule has 2 aliphatic rings. The summed E-state index contributed by atoms with van der Waals surface area (Å²) in [7, 11) is 0. The first kappa shape index (κ1) is 13.6. The van der Waals surface area contributed by atoms with Gasteiger partial charge in [0, 0.05) is 19.6 Å². The normalized spacial score (nSPS) is 27.4. The molecular formula is C17H23NO2. The van der Waals surface area contributed by atoms with Gasteiger partial charge in [-0.15, -0.1) is 0 Å². The standard InChI is InChI=1S/C17H23NO2/c1-12-8-16(17(19)20)11-18(9-12)10-13-2-4-14(5-3-13)15-6-7-15/h2-5,12,15-16H,6-11H2,1H3,(H,19,20). The number of nitrogens with zero attached hydrogens (tertiary/aromatic N) is 1. The fourth-order valence-electron chi connectivity index (χ4n) is 3.34. The highest BCUT2D eigenvalue weighted by molar-refractivity contribution is 5.70. The molecule has 1 aliphatic heterocycles. The number of hydrogen-bond acceptors (Lipinski definition) is 2. The van der Waals surface area contributed by atoms with E-state index in [0.29, 0.717) is 12.5 Å². The van der Waals surface area contributed by atoms with Crippen molar-refractivity contribution in [1.82, 2.24) is 4.90 Å². The van der Waals surface area contributed by atoms with E-state index in [1.165, 1.54) is 24.0 Å². The van der Waals surface area contributed by atoms with E-state index in [9.17, 15) is 9.90 Å². The van der Waals surface area contributed by atoms with Gasteiger partial charge in [-0.3, -0.25) is 9.69 Å². The summed E-state index contributed by atoms with van der Waals surface area (Å²) >= 11 is 0. The van der Waals surface area contributed by atoms with Crippen molar-refractivity contribution in [2.75, 3.05) is 13.1 Å². The molecule has 1 aromatic carbocycles. The van der Waals surface area contributed by atoms with Crippen LogP contribution in [0.4, 0.5) is 0 Å². The maximum absolute atomic E-state index is 11.2. The van der Waals surface area contributed by atoms with E-state index >= 15 is 0 Å². The lowest BCUT2D eigenvalue weighted by atomic mass is 9.90. The lowest BCUT2D eigenvalue weighted by Crippen LogP contribution is -2.41. The van der Waals surface area contributed by atoms with Crippen molar-refractivity contribution in [1.29, 1.82) is 0 Å². The Morgan fingerprint density at radius 1 is 1.25 bits per heavy atom. The van der Waals surface area contributed by atoms with Crippen molar-refractivity contribution in [2.24, 2.45) is 11.8 Å². The van der Waals surface area contributed by atoms with Gasteiger partial charge in [0.2, 0.25) is 0 Å². The molecule has 3 rings (SSSR count). The summed E-state index contributed by atoms with van der Waals surface area (Å²) < 4.78 is 0. The van der Waals surface area contributed by atoms with Gasteiger partial charge in [-0.05, 0) is 42.2 Å². The second-order valence-corrected chi connectivity index (χ2v) is 6.59. The number of carbonyl (C=O) groups is 1. The Morgan fingerprint density at radius 3 is 2.55 bits per heavy atom. The largest absolute Gasteiger partial charge is 0.481 e. The van der Waals surface area contributed by atoms with Crippen LogP contribution < -0.4 is 0 Å². The molecule has 3 nitrogen and oxygen atoms in total. The van der Waals surface area contributed by atoms with Gasteiger partial charge in [0.1, 0.15) is 0 Å². The predicted octanol–water partition coefficient (Wildman–Crippen LogP) is 3.11. The fraction of sp³-hybridized carbons (Fsp3) is 0.588. The average Bonchev–Trinajstić information content (AvgIpc) is 3.23. The van der Waals surface area contributed by atoms with Gasteiger partial charge in [0.15, 0.2) is 0 Å². The molecule has 0 bridgehead atoms. The summed E-state index contributed by atoms with van der Waals surface area (Å²) in [5.41, 5.74) is 2.76. The molecule has 3 heteroatoms. The lowest BCUT2D eigenvalue weighted by Gasteiger charge is -2.34. The highest BCUT2D eigenvalue weighted by atomic mass is 16.4. The van der Waals surface area contributed by atoms with Gasteiger partial charge in [-0.25, -0.2) is 0 Å². The first-order valence-electron chi connectivity index (χ1n) is 7.66. The number of piperidine rings is 1. The van der Waals surface area contributed by atoms with Crippen molar-refractivity contribution in [3.8, 4) is 0 Å². The Morgan fingerprint density at radius 2 is 1.95 bits per heavy atom. The van der Waals surface area contributed by atoms with E-state index in [1.54, 1.807) is 0 Å². The Hall–Kier alpha value is -1.35. The topological polar surface area (TPSA) is 40.5 Å². The summed E-state index contributed by atoms with van der Waals surface area (Å²) in [5.74, 6) is 0.418. The van der Waals surface area contributed by atoms with Crippen LogP contribution in [0.2, 0.25) is 0 Å². The molecule has 20 heavy (non-hydrogen) atoms. The van der Waals surface area contributed by atoms with Crippen molar-refractivity contribution >= 4 is 5.97 Å². The van der Waals surface area contributed by atoms with Crippen LogP contribution in [0.15, 0.2) is 24.3 Å². The monoisotopic (exact) mass is 273 g/mol. The van der Waals surface area contributed by atoms with Crippen LogP contribution in [0.25, 0.3) is 0 Å². The molecule has 1 N–H and O–H groups in total. The van der Waals surface area contributed by atoms with Crippen LogP contribution in [-0.4, -0.2) is 29.1 Å². The van der Waals surface area contributed by atoms with Gasteiger partial charge in [0.25, 0.3) is 0 Å². The molecule has 108 valence electrons. The minimum absolute atomic E-state index is 0.204. The van der Waals surface area contributed by atoms with Crippen LogP contribution in [0.3, 0.4) is 0 Å². The number of carboxylic acid groups (broad SMARTS) is 1. The summed E-state index contributed by atoms with van der Waals surface area (Å²) in [5, 5.41) is 9.22. The molecule has 0 aromatic heterocycles. The van der Waals surface area contributed by atoms with Crippen molar-refractivity contribution in [2.45, 2.75) is 38.6 Å². The van der Waals surface area contributed by atoms with Crippen LogP contribution in [-0.2, 0) is 11.3 Å². The minimum Gasteiger partial charge on any atom is -0.481 e. The van der Waals surface area contributed by atoms with Gasteiger partial charge in [0.05, 0.1) is 5.92 Å². The van der Waals surface area contributed by atoms with E-state index in [-0.39, 0.29) is 5.92 Å². The van der Waals surface area contributed by atoms with Gasteiger partial charge >= 0.3 is 5.97 Å². The first-order chi connectivity index (χ1) is 9.61. The average molecular weight is 273 g/mol. The Labute approximate surface area is 120 Å². The zero-order chi connectivity index (χ0) is 14.1. The zero-order valence-corrected chi connectivity index (χ0v) is 12.1. The molecule has 1 saturated carbocycles. The Kier molecular flexibility index (Phi) is 3.79. The Bertz CT molecular complexity index is 478. The highest BCUT2D eigenvalue weighted by Gasteiger charge is 2.29. The molecule has 1 aliphatic carbocycles. The smallest absolute Gasteiger partial charge is 0.307 e. The van der Waals surface area contributed by atoms with Crippen molar-refractivity contribution < 1.29 is 9.90 Å². The number of rotatable bonds is 4. The van der Waals surface area contributed by atoms with Crippen LogP contribution in [0.1, 0.15) is 43.2 Å². The third-order valence-electron chi connectivity index (χ3n) is 4.52. The fourth-order valence-corrected chi connectivity index (χ4v) is 3.34. The van der Waals surface area contributed by atoms with Crippen LogP contribution >= 0.6 is 0 Å². The van der Waals surface area contributed by atoms with E-state index in [0.717, 1.165) is 25.4 Å². The molecule has 2 atom stereocenters. The minimum atomic E-state index is -0.648. The molecule has 1 heterocycles. The second kappa shape index (κ2) is 5.57. The SMILES string of the molecule is CC1CC(C(=O)O)CN(Cc2ccc(C3CC3)cc2)C1. The Balaban J connectivity index is 1.62. The van der Waals surface area contributed by atoms with Gasteiger partial charge in [-0.1, -0.05) is 31.2 Å². The van der Waals surface area contributed by atoms with Gasteiger partial charge < -0.3 is 5.11 Å². The van der Waals surface area contributed by atoms with Crippen LogP contribution in [0, 0.1) is 11.8 Å². The molecule has 0 amide bonds. The summed E-state index contributed by atoms with van der Waals surface area (Å²) in [6.45, 7) is 4.72. The predicted molar refractivity (Wildman–Crippen MR) is 78.6 cm³/mol. The third-order valence-corrected chi connectivity index (χ3v) is 4.52. The lowest BCUT2D eigenvalue weighted by molar-refractivity contribution is -0.144. The number of benzene rings is 1. The molecule has 1 aromatic rings. The maximum Gasteiger partial charge on any atom is 0.307 e. The summed E-state index contributed by atoms with van der Waals surface area (Å²) in [6, 6.07) is 8.91. The molecule has 0 spiro atoms. The molecule has 2 unspecified atom stereocenters. The first-order valence-corrected chi connectivity index (χ1v) is 7.66.